The van der Waals surface area contributed by atoms with Crippen molar-refractivity contribution in [2.45, 2.75) is 25.3 Å². The van der Waals surface area contributed by atoms with E-state index >= 15 is 0 Å². The summed E-state index contributed by atoms with van der Waals surface area (Å²) in [4.78, 5) is 14.1. The van der Waals surface area contributed by atoms with Gasteiger partial charge in [0.05, 0.1) is 12.0 Å². The number of nitrogens with zero attached hydrogens (tertiary/aromatic N) is 1. The molecule has 1 saturated heterocycles. The molecule has 3 atom stereocenters. The molecular weight excluding hydrogens is 298 g/mol. The van der Waals surface area contributed by atoms with Crippen molar-refractivity contribution in [1.82, 2.24) is 10.2 Å². The summed E-state index contributed by atoms with van der Waals surface area (Å²) in [7, 11) is 1.60. The van der Waals surface area contributed by atoms with E-state index in [-0.39, 0.29) is 11.9 Å². The second-order valence-corrected chi connectivity index (χ2v) is 6.41. The number of carbonyl (C=O) groups is 1. The van der Waals surface area contributed by atoms with Gasteiger partial charge in [0.25, 0.3) is 0 Å². The van der Waals surface area contributed by atoms with Gasteiger partial charge in [0, 0.05) is 32.1 Å². The fourth-order valence-electron chi connectivity index (χ4n) is 3.51. The van der Waals surface area contributed by atoms with Crippen LogP contribution >= 0.6 is 23.8 Å². The number of primary amides is 1. The summed E-state index contributed by atoms with van der Waals surface area (Å²) >= 11 is 11.2. The van der Waals surface area contributed by atoms with Gasteiger partial charge in [0.2, 0.25) is 5.91 Å². The van der Waals surface area contributed by atoms with Crippen LogP contribution in [0.25, 0.3) is 0 Å². The quantitative estimate of drug-likeness (QED) is 0.577. The molecule has 2 rings (SSSR count). The summed E-state index contributed by atoms with van der Waals surface area (Å²) in [5.74, 6) is 0.639. The number of amides is 1. The van der Waals surface area contributed by atoms with Crippen LogP contribution in [0.3, 0.4) is 0 Å². The number of methoxy groups -OCH3 is 1. The lowest BCUT2D eigenvalue weighted by molar-refractivity contribution is -0.131. The van der Waals surface area contributed by atoms with Gasteiger partial charge in [0.1, 0.15) is 0 Å². The van der Waals surface area contributed by atoms with Crippen LogP contribution in [0.15, 0.2) is 0 Å². The lowest BCUT2D eigenvalue weighted by Crippen LogP contribution is -2.56. The fourth-order valence-corrected chi connectivity index (χ4v) is 4.03. The van der Waals surface area contributed by atoms with E-state index in [1.165, 1.54) is 0 Å². The van der Waals surface area contributed by atoms with Gasteiger partial charge >= 0.3 is 0 Å². The highest BCUT2D eigenvalue weighted by Gasteiger charge is 2.53. The average Bonchev–Trinajstić information content (AvgIpc) is 2.66. The predicted octanol–water partition coefficient (Wildman–Crippen LogP) is 0.702. The molecule has 2 fully saturated rings. The van der Waals surface area contributed by atoms with Crippen molar-refractivity contribution in [2.24, 2.45) is 17.1 Å². The van der Waals surface area contributed by atoms with Gasteiger partial charge in [-0.25, -0.2) is 0 Å². The van der Waals surface area contributed by atoms with E-state index in [0.717, 1.165) is 32.4 Å². The molecule has 1 aliphatic heterocycles. The van der Waals surface area contributed by atoms with E-state index in [1.807, 2.05) is 0 Å². The number of nitrogens with one attached hydrogen (secondary N) is 1. The highest BCUT2D eigenvalue weighted by Crippen LogP contribution is 2.44. The Kier molecular flexibility index (Phi) is 5.09. The zero-order valence-corrected chi connectivity index (χ0v) is 13.3. The van der Waals surface area contributed by atoms with E-state index in [0.29, 0.717) is 23.5 Å². The molecule has 0 spiro atoms. The maximum absolute atomic E-state index is 12.0. The molecule has 2 aliphatic rings. The van der Waals surface area contributed by atoms with Crippen molar-refractivity contribution in [3.63, 3.8) is 0 Å². The van der Waals surface area contributed by atoms with Crippen LogP contribution in [0.1, 0.15) is 19.3 Å². The van der Waals surface area contributed by atoms with E-state index in [1.54, 1.807) is 7.11 Å². The van der Waals surface area contributed by atoms with Gasteiger partial charge in [-0.15, -0.1) is 11.6 Å². The first-order valence-electron chi connectivity index (χ1n) is 6.95. The van der Waals surface area contributed by atoms with Crippen LogP contribution in [0.2, 0.25) is 0 Å². The molecule has 0 aromatic heterocycles. The smallest absolute Gasteiger partial charge is 0.228 e. The van der Waals surface area contributed by atoms with Crippen molar-refractivity contribution in [1.29, 1.82) is 0 Å². The second-order valence-electron chi connectivity index (χ2n) is 5.64. The van der Waals surface area contributed by atoms with Crippen molar-refractivity contribution in [2.75, 3.05) is 32.7 Å². The third-order valence-electron chi connectivity index (χ3n) is 4.61. The van der Waals surface area contributed by atoms with Crippen LogP contribution in [-0.2, 0) is 9.53 Å². The number of alkyl halides is 1. The van der Waals surface area contributed by atoms with Crippen molar-refractivity contribution in [3.8, 4) is 0 Å². The van der Waals surface area contributed by atoms with Gasteiger partial charge in [-0.1, -0.05) is 0 Å². The normalized spacial score (nSPS) is 33.5. The fraction of sp³-hybridized carbons (Fsp3) is 0.846. The number of rotatable bonds is 5. The van der Waals surface area contributed by atoms with Crippen molar-refractivity contribution < 1.29 is 9.53 Å². The molecule has 0 radical (unpaired) electrons. The maximum atomic E-state index is 12.0. The lowest BCUT2D eigenvalue weighted by atomic mass is 9.80. The van der Waals surface area contributed by atoms with Crippen LogP contribution in [0.5, 0.6) is 0 Å². The number of hydrogen-bond donors (Lipinski definition) is 2. The first kappa shape index (κ1) is 15.8. The molecule has 7 heteroatoms. The predicted molar refractivity (Wildman–Crippen MR) is 82.7 cm³/mol. The van der Waals surface area contributed by atoms with Gasteiger partial charge in [-0.3, -0.25) is 4.79 Å². The average molecular weight is 320 g/mol. The first-order valence-corrected chi connectivity index (χ1v) is 7.89. The van der Waals surface area contributed by atoms with Gasteiger partial charge < -0.3 is 20.7 Å². The van der Waals surface area contributed by atoms with E-state index in [2.05, 4.69) is 10.2 Å². The summed E-state index contributed by atoms with van der Waals surface area (Å²) in [6.45, 7) is 1.94. The molecular formula is C13H22ClN3O2S. The summed E-state index contributed by atoms with van der Waals surface area (Å²) < 4.78 is 5.27. The Morgan fingerprint density at radius 2 is 2.40 bits per heavy atom. The van der Waals surface area contributed by atoms with Crippen LogP contribution < -0.4 is 11.1 Å². The second kappa shape index (κ2) is 6.45. The summed E-state index contributed by atoms with van der Waals surface area (Å²) in [6.07, 6.45) is 2.73. The van der Waals surface area contributed by atoms with Crippen molar-refractivity contribution >= 4 is 34.8 Å². The highest BCUT2D eigenvalue weighted by atomic mass is 35.5. The largest absolute Gasteiger partial charge is 0.383 e. The molecule has 1 heterocycles. The Labute approximate surface area is 130 Å². The Bertz CT molecular complexity index is 396. The van der Waals surface area contributed by atoms with Crippen molar-refractivity contribution in [3.05, 3.63) is 0 Å². The van der Waals surface area contributed by atoms with E-state index in [4.69, 9.17) is 34.3 Å². The lowest BCUT2D eigenvalue weighted by Gasteiger charge is -2.34. The third kappa shape index (κ3) is 2.73. The molecule has 5 nitrogen and oxygen atoms in total. The summed E-state index contributed by atoms with van der Waals surface area (Å²) in [5, 5.41) is 4.02. The molecule has 20 heavy (non-hydrogen) atoms. The SMILES string of the molecule is COC[C@]1(C(N)=O)CCC2CCN(CCCl)C(=S)NC21. The highest BCUT2D eigenvalue weighted by molar-refractivity contribution is 7.80. The van der Waals surface area contributed by atoms with Gasteiger partial charge in [-0.2, -0.15) is 0 Å². The van der Waals surface area contributed by atoms with Gasteiger partial charge in [0.15, 0.2) is 5.11 Å². The van der Waals surface area contributed by atoms with Crippen LogP contribution in [-0.4, -0.2) is 54.6 Å². The number of ether oxygens (including phenoxy) is 1. The topological polar surface area (TPSA) is 67.6 Å². The summed E-state index contributed by atoms with van der Waals surface area (Å²) in [5.41, 5.74) is 5.03. The molecule has 1 amide bonds. The maximum Gasteiger partial charge on any atom is 0.228 e. The minimum Gasteiger partial charge on any atom is -0.383 e. The molecule has 0 aromatic rings. The molecule has 2 unspecified atom stereocenters. The summed E-state index contributed by atoms with van der Waals surface area (Å²) in [6, 6.07) is -0.0345. The number of nitrogens with two attached hydrogens (primary N) is 1. The van der Waals surface area contributed by atoms with E-state index < -0.39 is 5.41 Å². The monoisotopic (exact) mass is 319 g/mol. The number of thiocarbonyl (C=S) groups is 1. The molecule has 3 N–H and O–H groups in total. The molecule has 0 aromatic carbocycles. The Morgan fingerprint density at radius 1 is 1.65 bits per heavy atom. The minimum atomic E-state index is -0.652. The number of hydrogen-bond acceptors (Lipinski definition) is 3. The molecule has 114 valence electrons. The Morgan fingerprint density at radius 3 is 3.00 bits per heavy atom. The zero-order valence-electron chi connectivity index (χ0n) is 11.7. The first-order chi connectivity index (χ1) is 9.55. The number of halogens is 1. The van der Waals surface area contributed by atoms with E-state index in [9.17, 15) is 4.79 Å². The molecule has 0 bridgehead atoms. The van der Waals surface area contributed by atoms with Gasteiger partial charge in [-0.05, 0) is 37.4 Å². The Hall–Kier alpha value is -0.590. The molecule has 1 saturated carbocycles. The number of fused-ring (bicyclic) bond motifs is 1. The van der Waals surface area contributed by atoms with Crippen LogP contribution in [0, 0.1) is 11.3 Å². The third-order valence-corrected chi connectivity index (χ3v) is 5.16. The Balaban J connectivity index is 2.21. The van der Waals surface area contributed by atoms with Crippen LogP contribution in [0.4, 0.5) is 0 Å². The zero-order chi connectivity index (χ0) is 14.8. The standard InChI is InChI=1S/C13H22ClN3O2S/c1-19-8-13(11(15)18)4-2-9-3-6-17(7-5-14)12(20)16-10(9)13/h9-10H,2-8H2,1H3,(H2,15,18)(H,16,20)/t9?,10?,13-/m1/s1. The molecule has 1 aliphatic carbocycles. The minimum absolute atomic E-state index is 0.0345. The number of carbonyl (C=O) groups excluding carboxylic acids is 1.